The van der Waals surface area contributed by atoms with Gasteiger partial charge >= 0.3 is 0 Å². The molecule has 0 aromatic carbocycles. The second-order valence-corrected chi connectivity index (χ2v) is 9.02. The molecule has 4 rings (SSSR count). The Kier molecular flexibility index (Phi) is 2.83. The first kappa shape index (κ1) is 12.4. The number of rotatable bonds is 3. The molecule has 0 spiro atoms. The zero-order valence-electron chi connectivity index (χ0n) is 11.3. The second-order valence-electron chi connectivity index (χ2n) is 7.91. The molecule has 4 aliphatic carbocycles. The quantitative estimate of drug-likeness (QED) is 0.686. The van der Waals surface area contributed by atoms with Crippen LogP contribution in [0.25, 0.3) is 0 Å². The lowest BCUT2D eigenvalue weighted by Crippen LogP contribution is -2.42. The minimum atomic E-state index is 0.560. The molecule has 4 aliphatic rings. The van der Waals surface area contributed by atoms with E-state index in [2.05, 4.69) is 0 Å². The van der Waals surface area contributed by atoms with Crippen LogP contribution in [0.15, 0.2) is 0 Å². The summed E-state index contributed by atoms with van der Waals surface area (Å²) in [5, 5.41) is 1.12. The molecule has 18 heavy (non-hydrogen) atoms. The van der Waals surface area contributed by atoms with E-state index < -0.39 is 0 Å². The Bertz CT molecular complexity index is 301. The fourth-order valence-corrected chi connectivity index (χ4v) is 7.33. The molecule has 0 aliphatic heterocycles. The van der Waals surface area contributed by atoms with Crippen molar-refractivity contribution in [1.82, 2.24) is 0 Å². The van der Waals surface area contributed by atoms with Gasteiger partial charge in [-0.25, -0.2) is 0 Å². The van der Waals surface area contributed by atoms with E-state index >= 15 is 0 Å². The molecule has 0 aromatic heterocycles. The summed E-state index contributed by atoms with van der Waals surface area (Å²) in [5.41, 5.74) is 1.16. The lowest BCUT2D eigenvalue weighted by atomic mass is 9.71. The zero-order valence-corrected chi connectivity index (χ0v) is 13.1. The highest BCUT2D eigenvalue weighted by molar-refractivity contribution is 7.85. The first-order valence-electron chi connectivity index (χ1n) is 8.00. The normalized spacial score (nSPS) is 53.0. The molecule has 4 bridgehead atoms. The fourth-order valence-electron chi connectivity index (χ4n) is 5.97. The molecule has 0 nitrogen and oxygen atoms in total. The van der Waals surface area contributed by atoms with Crippen molar-refractivity contribution in [2.45, 2.75) is 74.7 Å². The molecule has 2 heteroatoms. The summed E-state index contributed by atoms with van der Waals surface area (Å²) in [6, 6.07) is 0. The highest BCUT2D eigenvalue weighted by Crippen LogP contribution is 2.64. The second kappa shape index (κ2) is 4.10. The van der Waals surface area contributed by atoms with Crippen LogP contribution in [-0.2, 0) is 0 Å². The van der Waals surface area contributed by atoms with Crippen molar-refractivity contribution in [3.05, 3.63) is 0 Å². The Morgan fingerprint density at radius 1 is 0.667 bits per heavy atom. The van der Waals surface area contributed by atoms with Crippen molar-refractivity contribution in [2.75, 3.05) is 0 Å². The number of fused-ring (bicyclic) bond motifs is 4. The summed E-state index contributed by atoms with van der Waals surface area (Å²) >= 11 is 10.3. The Balaban J connectivity index is 1.56. The predicted octanol–water partition coefficient (Wildman–Crippen LogP) is 4.74. The summed E-state index contributed by atoms with van der Waals surface area (Å²) in [6.45, 7) is 0. The van der Waals surface area contributed by atoms with Crippen LogP contribution in [0, 0.1) is 22.7 Å². The number of hydrogen-bond acceptors (Lipinski definition) is 2. The third-order valence-electron chi connectivity index (χ3n) is 7.15. The first-order valence-corrected chi connectivity index (χ1v) is 9.03. The van der Waals surface area contributed by atoms with E-state index in [9.17, 15) is 0 Å². The van der Waals surface area contributed by atoms with Gasteiger partial charge in [0.15, 0.2) is 0 Å². The molecule has 2 atom stereocenters. The topological polar surface area (TPSA) is 0 Å². The van der Waals surface area contributed by atoms with E-state index in [4.69, 9.17) is 25.3 Å². The zero-order chi connectivity index (χ0) is 12.4. The van der Waals surface area contributed by atoms with Crippen molar-refractivity contribution < 1.29 is 0 Å². The maximum atomic E-state index is 5.14. The van der Waals surface area contributed by atoms with Gasteiger partial charge in [-0.05, 0) is 86.9 Å². The molecule has 4 fully saturated rings. The van der Waals surface area contributed by atoms with E-state index in [0.717, 1.165) is 11.8 Å². The van der Waals surface area contributed by atoms with Crippen molar-refractivity contribution in [1.29, 1.82) is 0 Å². The van der Waals surface area contributed by atoms with Crippen molar-refractivity contribution >= 4 is 25.3 Å². The first-order chi connectivity index (χ1) is 8.64. The molecule has 4 saturated carbocycles. The molecular weight excluding hydrogens is 256 g/mol. The van der Waals surface area contributed by atoms with E-state index in [1.807, 2.05) is 0 Å². The lowest BCUT2D eigenvalue weighted by molar-refractivity contribution is 0.206. The summed E-state index contributed by atoms with van der Waals surface area (Å²) in [4.78, 5) is 0. The van der Waals surface area contributed by atoms with Crippen LogP contribution in [0.2, 0.25) is 0 Å². The van der Waals surface area contributed by atoms with Gasteiger partial charge in [-0.2, -0.15) is 25.3 Å². The Morgan fingerprint density at radius 2 is 1.00 bits per heavy atom. The summed E-state index contributed by atoms with van der Waals surface area (Å²) in [7, 11) is 0. The van der Waals surface area contributed by atoms with Gasteiger partial charge in [0.2, 0.25) is 0 Å². The molecule has 0 heterocycles. The van der Waals surface area contributed by atoms with Gasteiger partial charge in [0.25, 0.3) is 0 Å². The standard InChI is InChI=1S/C16H26S2/c17-13(15-5-1-11(9-15)2-6-15)14(18)16-7-3-12(10-16)4-8-16/h11-14,17-18H,1-10H2. The van der Waals surface area contributed by atoms with Crippen LogP contribution in [0.1, 0.15) is 64.2 Å². The maximum Gasteiger partial charge on any atom is 0.0195 e. The predicted molar refractivity (Wildman–Crippen MR) is 83.6 cm³/mol. The van der Waals surface area contributed by atoms with Crippen LogP contribution in [0.4, 0.5) is 0 Å². The van der Waals surface area contributed by atoms with Gasteiger partial charge < -0.3 is 0 Å². The molecule has 0 saturated heterocycles. The minimum absolute atomic E-state index is 0.560. The lowest BCUT2D eigenvalue weighted by Gasteiger charge is -2.43. The van der Waals surface area contributed by atoms with Crippen molar-refractivity contribution in [3.63, 3.8) is 0 Å². The maximum absolute atomic E-state index is 5.14. The monoisotopic (exact) mass is 282 g/mol. The van der Waals surface area contributed by atoms with Gasteiger partial charge in [0.1, 0.15) is 0 Å². The van der Waals surface area contributed by atoms with Crippen LogP contribution in [0.3, 0.4) is 0 Å². The molecule has 0 amide bonds. The minimum Gasteiger partial charge on any atom is -0.174 e. The van der Waals surface area contributed by atoms with Crippen molar-refractivity contribution in [3.8, 4) is 0 Å². The van der Waals surface area contributed by atoms with E-state index in [1.54, 1.807) is 0 Å². The van der Waals surface area contributed by atoms with Crippen LogP contribution in [0.5, 0.6) is 0 Å². The SMILES string of the molecule is SC(C(S)C12CCC(CC1)C2)C12CCC(CC1)C2. The van der Waals surface area contributed by atoms with E-state index in [0.29, 0.717) is 21.3 Å². The largest absolute Gasteiger partial charge is 0.174 e. The van der Waals surface area contributed by atoms with Crippen molar-refractivity contribution in [2.24, 2.45) is 22.7 Å². The summed E-state index contributed by atoms with van der Waals surface area (Å²) < 4.78 is 0. The highest BCUT2D eigenvalue weighted by Gasteiger charge is 2.56. The third kappa shape index (κ3) is 1.60. The van der Waals surface area contributed by atoms with Gasteiger partial charge in [-0.3, -0.25) is 0 Å². The van der Waals surface area contributed by atoms with E-state index in [1.165, 1.54) is 64.2 Å². The third-order valence-corrected chi connectivity index (χ3v) is 9.07. The molecule has 0 radical (unpaired) electrons. The number of thiol groups is 2. The van der Waals surface area contributed by atoms with E-state index in [-0.39, 0.29) is 0 Å². The Labute approximate surface area is 123 Å². The average Bonchev–Trinajstić information content (AvgIpc) is 3.16. The fraction of sp³-hybridized carbons (Fsp3) is 1.00. The smallest absolute Gasteiger partial charge is 0.0195 e. The van der Waals surface area contributed by atoms with Gasteiger partial charge in [-0.1, -0.05) is 0 Å². The Hall–Kier alpha value is 0.700. The molecule has 0 N–H and O–H groups in total. The van der Waals surface area contributed by atoms with Crippen LogP contribution in [-0.4, -0.2) is 10.5 Å². The molecule has 0 aromatic rings. The van der Waals surface area contributed by atoms with Crippen LogP contribution >= 0.6 is 25.3 Å². The van der Waals surface area contributed by atoms with Gasteiger partial charge in [0.05, 0.1) is 0 Å². The summed E-state index contributed by atoms with van der Waals surface area (Å²) in [5.74, 6) is 2.08. The molecule has 102 valence electrons. The molecule has 2 unspecified atom stereocenters. The van der Waals surface area contributed by atoms with Crippen LogP contribution < -0.4 is 0 Å². The van der Waals surface area contributed by atoms with Gasteiger partial charge in [0, 0.05) is 10.5 Å². The highest BCUT2D eigenvalue weighted by atomic mass is 32.1. The Morgan fingerprint density at radius 3 is 1.22 bits per heavy atom. The van der Waals surface area contributed by atoms with Gasteiger partial charge in [-0.15, -0.1) is 0 Å². The number of hydrogen-bond donors (Lipinski definition) is 2. The molecular formula is C16H26S2. The average molecular weight is 283 g/mol. The summed E-state index contributed by atoms with van der Waals surface area (Å²) in [6.07, 6.45) is 14.6.